The Morgan fingerprint density at radius 1 is 1.11 bits per heavy atom. The number of nitrogens with two attached hydrogens (primary N) is 1. The number of aryl methyl sites for hydroxylation is 1. The van der Waals surface area contributed by atoms with E-state index in [0.29, 0.717) is 5.92 Å². The molecular formula is C16H25NO2. The summed E-state index contributed by atoms with van der Waals surface area (Å²) in [7, 11) is 1.50. The molecule has 1 aliphatic heterocycles. The van der Waals surface area contributed by atoms with Crippen LogP contribution in [0, 0.1) is 6.92 Å². The zero-order valence-corrected chi connectivity index (χ0v) is 12.0. The van der Waals surface area contributed by atoms with Crippen molar-refractivity contribution in [3.05, 3.63) is 35.4 Å². The molecule has 3 nitrogen and oxygen atoms in total. The molecule has 3 rings (SSSR count). The first kappa shape index (κ1) is 14.5. The lowest BCUT2D eigenvalue weighted by Gasteiger charge is -2.35. The largest absolute Gasteiger partial charge is 0.348 e. The van der Waals surface area contributed by atoms with Gasteiger partial charge in [0.2, 0.25) is 0 Å². The van der Waals surface area contributed by atoms with Crippen LogP contribution in [0.1, 0.15) is 42.7 Å². The Bertz CT molecular complexity index is 389. The number of rotatable bonds is 1. The molecule has 2 fully saturated rings. The van der Waals surface area contributed by atoms with Gasteiger partial charge in [-0.1, -0.05) is 29.8 Å². The molecular weight excluding hydrogens is 238 g/mol. The van der Waals surface area contributed by atoms with Crippen LogP contribution in [0.25, 0.3) is 0 Å². The molecule has 1 aromatic rings. The minimum absolute atomic E-state index is 0.222. The molecule has 1 aromatic carbocycles. The maximum atomic E-state index is 5.77. The first-order chi connectivity index (χ1) is 9.27. The fourth-order valence-electron chi connectivity index (χ4n) is 3.10. The number of ether oxygens (including phenoxy) is 2. The van der Waals surface area contributed by atoms with Gasteiger partial charge in [-0.3, -0.25) is 0 Å². The molecule has 2 aliphatic rings. The summed E-state index contributed by atoms with van der Waals surface area (Å²) >= 11 is 0. The van der Waals surface area contributed by atoms with Crippen LogP contribution >= 0.6 is 0 Å². The molecule has 2 N–H and O–H groups in total. The van der Waals surface area contributed by atoms with Gasteiger partial charge in [0.15, 0.2) is 5.79 Å². The van der Waals surface area contributed by atoms with Crippen LogP contribution in [0.4, 0.5) is 0 Å². The molecule has 0 bridgehead atoms. The Kier molecular flexibility index (Phi) is 4.97. The Labute approximate surface area is 116 Å². The zero-order valence-electron chi connectivity index (χ0n) is 12.0. The fraction of sp³-hybridized carbons (Fsp3) is 0.625. The minimum atomic E-state index is -0.222. The van der Waals surface area contributed by atoms with Crippen molar-refractivity contribution in [1.82, 2.24) is 0 Å². The molecule has 3 heteroatoms. The molecule has 0 radical (unpaired) electrons. The molecule has 1 saturated carbocycles. The van der Waals surface area contributed by atoms with Crippen LogP contribution in [-0.2, 0) is 9.47 Å². The average molecular weight is 263 g/mol. The summed E-state index contributed by atoms with van der Waals surface area (Å²) in [5.74, 6) is 0.466. The molecule has 19 heavy (non-hydrogen) atoms. The van der Waals surface area contributed by atoms with Crippen molar-refractivity contribution >= 4 is 0 Å². The number of benzene rings is 1. The molecule has 1 saturated heterocycles. The Morgan fingerprint density at radius 2 is 1.74 bits per heavy atom. The standard InChI is InChI=1S/C15H20O2.CH5N/c1-12-3-2-4-14(11-12)13-5-7-15(8-6-13)16-9-10-17-15;1-2/h2-4,11,13H,5-10H2,1H3;2H2,1H3. The smallest absolute Gasteiger partial charge is 0.168 e. The van der Waals surface area contributed by atoms with E-state index in [1.807, 2.05) is 0 Å². The molecule has 1 spiro atoms. The molecule has 106 valence electrons. The van der Waals surface area contributed by atoms with Crippen LogP contribution in [0.5, 0.6) is 0 Å². The minimum Gasteiger partial charge on any atom is -0.348 e. The Balaban J connectivity index is 0.000000637. The first-order valence-electron chi connectivity index (χ1n) is 7.20. The van der Waals surface area contributed by atoms with Gasteiger partial charge in [-0.15, -0.1) is 0 Å². The normalized spacial score (nSPS) is 22.1. The summed E-state index contributed by atoms with van der Waals surface area (Å²) in [4.78, 5) is 0. The number of hydrogen-bond acceptors (Lipinski definition) is 3. The monoisotopic (exact) mass is 263 g/mol. The van der Waals surface area contributed by atoms with E-state index in [4.69, 9.17) is 9.47 Å². The Morgan fingerprint density at radius 3 is 2.32 bits per heavy atom. The van der Waals surface area contributed by atoms with E-state index < -0.39 is 0 Å². The van der Waals surface area contributed by atoms with E-state index in [2.05, 4.69) is 36.9 Å². The molecule has 0 atom stereocenters. The predicted molar refractivity (Wildman–Crippen MR) is 77.1 cm³/mol. The van der Waals surface area contributed by atoms with Gasteiger partial charge in [0.25, 0.3) is 0 Å². The highest BCUT2D eigenvalue weighted by atomic mass is 16.7. The molecule has 0 amide bonds. The Hall–Kier alpha value is -0.900. The van der Waals surface area contributed by atoms with Gasteiger partial charge in [-0.25, -0.2) is 0 Å². The van der Waals surface area contributed by atoms with Gasteiger partial charge in [0.05, 0.1) is 13.2 Å². The lowest BCUT2D eigenvalue weighted by Crippen LogP contribution is -2.34. The SMILES string of the molecule is CN.Cc1cccc(C2CCC3(CC2)OCCO3)c1. The van der Waals surface area contributed by atoms with Crippen LogP contribution < -0.4 is 5.73 Å². The third-order valence-corrected chi connectivity index (χ3v) is 4.07. The second-order valence-electron chi connectivity index (χ2n) is 5.30. The van der Waals surface area contributed by atoms with Crippen LogP contribution in [0.2, 0.25) is 0 Å². The molecule has 0 aromatic heterocycles. The quantitative estimate of drug-likeness (QED) is 0.847. The van der Waals surface area contributed by atoms with Crippen LogP contribution in [0.3, 0.4) is 0 Å². The summed E-state index contributed by atoms with van der Waals surface area (Å²) in [6.45, 7) is 3.71. The summed E-state index contributed by atoms with van der Waals surface area (Å²) in [5, 5.41) is 0. The molecule has 1 aliphatic carbocycles. The van der Waals surface area contributed by atoms with E-state index in [1.54, 1.807) is 0 Å². The van der Waals surface area contributed by atoms with E-state index >= 15 is 0 Å². The summed E-state index contributed by atoms with van der Waals surface area (Å²) in [6.07, 6.45) is 4.46. The van der Waals surface area contributed by atoms with Crippen molar-refractivity contribution in [2.24, 2.45) is 5.73 Å². The van der Waals surface area contributed by atoms with E-state index in [-0.39, 0.29) is 5.79 Å². The van der Waals surface area contributed by atoms with Gasteiger partial charge < -0.3 is 15.2 Å². The third-order valence-electron chi connectivity index (χ3n) is 4.07. The topological polar surface area (TPSA) is 44.5 Å². The molecule has 1 heterocycles. The lowest BCUT2D eigenvalue weighted by atomic mass is 9.81. The summed E-state index contributed by atoms with van der Waals surface area (Å²) in [6, 6.07) is 8.90. The van der Waals surface area contributed by atoms with Crippen LogP contribution in [0.15, 0.2) is 24.3 Å². The predicted octanol–water partition coefficient (Wildman–Crippen LogP) is 2.97. The van der Waals surface area contributed by atoms with E-state index in [1.165, 1.54) is 31.0 Å². The van der Waals surface area contributed by atoms with Crippen molar-refractivity contribution in [3.8, 4) is 0 Å². The van der Waals surface area contributed by atoms with Gasteiger partial charge in [0, 0.05) is 12.8 Å². The van der Waals surface area contributed by atoms with Crippen molar-refractivity contribution in [2.45, 2.75) is 44.3 Å². The maximum absolute atomic E-state index is 5.77. The number of hydrogen-bond donors (Lipinski definition) is 1. The highest BCUT2D eigenvalue weighted by Gasteiger charge is 2.40. The van der Waals surface area contributed by atoms with Crippen molar-refractivity contribution in [3.63, 3.8) is 0 Å². The van der Waals surface area contributed by atoms with Crippen molar-refractivity contribution in [2.75, 3.05) is 20.3 Å². The second-order valence-corrected chi connectivity index (χ2v) is 5.30. The fourth-order valence-corrected chi connectivity index (χ4v) is 3.10. The maximum Gasteiger partial charge on any atom is 0.168 e. The average Bonchev–Trinajstić information content (AvgIpc) is 2.90. The lowest BCUT2D eigenvalue weighted by molar-refractivity contribution is -0.178. The zero-order chi connectivity index (χ0) is 13.7. The van der Waals surface area contributed by atoms with Crippen molar-refractivity contribution < 1.29 is 9.47 Å². The molecule has 0 unspecified atom stereocenters. The van der Waals surface area contributed by atoms with E-state index in [0.717, 1.165) is 26.1 Å². The van der Waals surface area contributed by atoms with Gasteiger partial charge in [0.1, 0.15) is 0 Å². The van der Waals surface area contributed by atoms with Gasteiger partial charge in [-0.05, 0) is 38.3 Å². The summed E-state index contributed by atoms with van der Waals surface area (Å²) < 4.78 is 11.5. The van der Waals surface area contributed by atoms with Gasteiger partial charge >= 0.3 is 0 Å². The van der Waals surface area contributed by atoms with Gasteiger partial charge in [-0.2, -0.15) is 0 Å². The third kappa shape index (κ3) is 3.35. The highest BCUT2D eigenvalue weighted by molar-refractivity contribution is 5.26. The van der Waals surface area contributed by atoms with Crippen molar-refractivity contribution in [1.29, 1.82) is 0 Å². The highest BCUT2D eigenvalue weighted by Crippen LogP contribution is 2.42. The first-order valence-corrected chi connectivity index (χ1v) is 7.20. The second kappa shape index (κ2) is 6.51. The van der Waals surface area contributed by atoms with E-state index in [9.17, 15) is 0 Å². The van der Waals surface area contributed by atoms with Crippen LogP contribution in [-0.4, -0.2) is 26.0 Å². The summed E-state index contributed by atoms with van der Waals surface area (Å²) in [5.41, 5.74) is 7.34.